The van der Waals surface area contributed by atoms with Crippen molar-refractivity contribution in [2.24, 2.45) is 0 Å². The summed E-state index contributed by atoms with van der Waals surface area (Å²) in [5.41, 5.74) is 1.10. The van der Waals surface area contributed by atoms with Crippen LogP contribution in [0.15, 0.2) is 6.07 Å². The largest absolute Gasteiger partial charge is 0.294 e. The van der Waals surface area contributed by atoms with Crippen LogP contribution in [0.1, 0.15) is 25.5 Å². The van der Waals surface area contributed by atoms with Crippen LogP contribution in [0.4, 0.5) is 5.82 Å². The molecule has 0 aliphatic carbocycles. The van der Waals surface area contributed by atoms with Gasteiger partial charge in [-0.2, -0.15) is 5.10 Å². The van der Waals surface area contributed by atoms with Gasteiger partial charge in [0, 0.05) is 29.6 Å². The van der Waals surface area contributed by atoms with E-state index in [-0.39, 0.29) is 10.7 Å². The lowest BCUT2D eigenvalue weighted by atomic mass is 10.2. The van der Waals surface area contributed by atoms with Crippen molar-refractivity contribution in [3.8, 4) is 0 Å². The van der Waals surface area contributed by atoms with Crippen LogP contribution in [-0.4, -0.2) is 27.5 Å². The lowest BCUT2D eigenvalue weighted by molar-refractivity contribution is -0.117. The van der Waals surface area contributed by atoms with Crippen molar-refractivity contribution in [2.45, 2.75) is 31.0 Å². The Morgan fingerprint density at radius 3 is 3.13 bits per heavy atom. The number of aromatic nitrogens is 2. The summed E-state index contributed by atoms with van der Waals surface area (Å²) in [4.78, 5) is 13.6. The maximum Gasteiger partial charge on any atom is 0.229 e. The summed E-state index contributed by atoms with van der Waals surface area (Å²) in [6.07, 6.45) is 2.62. The van der Waals surface area contributed by atoms with E-state index in [9.17, 15) is 4.79 Å². The van der Waals surface area contributed by atoms with Gasteiger partial charge in [-0.05, 0) is 6.42 Å². The van der Waals surface area contributed by atoms with E-state index in [0.717, 1.165) is 30.9 Å². The van der Waals surface area contributed by atoms with Gasteiger partial charge in [-0.1, -0.05) is 29.3 Å². The number of carbonyl (C=O) groups is 1. The number of anilines is 1. The molecule has 82 valence electrons. The molecule has 2 heterocycles. The summed E-state index contributed by atoms with van der Waals surface area (Å²) in [7, 11) is 0. The molecule has 5 heteroatoms. The highest BCUT2D eigenvalue weighted by molar-refractivity contribution is 9.09. The number of amides is 1. The summed E-state index contributed by atoms with van der Waals surface area (Å²) in [6.45, 7) is 2.84. The van der Waals surface area contributed by atoms with Gasteiger partial charge in [-0.25, -0.2) is 0 Å². The summed E-state index contributed by atoms with van der Waals surface area (Å²) in [6, 6.07) is 1.96. The van der Waals surface area contributed by atoms with Crippen molar-refractivity contribution in [1.29, 1.82) is 0 Å². The first-order valence-electron chi connectivity index (χ1n) is 5.19. The number of nitrogens with zero attached hydrogens (tertiary/aromatic N) is 2. The van der Waals surface area contributed by atoms with Gasteiger partial charge in [0.2, 0.25) is 5.91 Å². The Hall–Kier alpha value is -0.840. The standard InChI is InChI=1S/C10H14BrN3O/c1-2-3-8-5-9(13-12-8)14-6-7(11)4-10(14)15/h5,7H,2-4,6H2,1H3,(H,12,13). The van der Waals surface area contributed by atoms with Crippen molar-refractivity contribution in [1.82, 2.24) is 10.2 Å². The molecule has 2 rings (SSSR count). The molecule has 0 spiro atoms. The quantitative estimate of drug-likeness (QED) is 0.854. The molecular formula is C10H14BrN3O. The number of aryl methyl sites for hydroxylation is 1. The van der Waals surface area contributed by atoms with Crippen LogP contribution in [0.5, 0.6) is 0 Å². The molecule has 1 atom stereocenters. The highest BCUT2D eigenvalue weighted by Crippen LogP contribution is 2.24. The molecule has 1 aromatic rings. The minimum Gasteiger partial charge on any atom is -0.294 e. The monoisotopic (exact) mass is 271 g/mol. The molecule has 0 saturated carbocycles. The molecule has 1 aliphatic rings. The molecule has 1 aromatic heterocycles. The van der Waals surface area contributed by atoms with Gasteiger partial charge < -0.3 is 0 Å². The van der Waals surface area contributed by atoms with Crippen molar-refractivity contribution < 1.29 is 4.79 Å². The molecule has 1 aliphatic heterocycles. The van der Waals surface area contributed by atoms with E-state index in [0.29, 0.717) is 6.42 Å². The summed E-state index contributed by atoms with van der Waals surface area (Å²) in [5, 5.41) is 7.12. The van der Waals surface area contributed by atoms with Gasteiger partial charge >= 0.3 is 0 Å². The number of carbonyl (C=O) groups excluding carboxylic acids is 1. The smallest absolute Gasteiger partial charge is 0.229 e. The van der Waals surface area contributed by atoms with Crippen LogP contribution in [0, 0.1) is 0 Å². The molecule has 1 fully saturated rings. The summed E-state index contributed by atoms with van der Waals surface area (Å²) < 4.78 is 0. The number of H-pyrrole nitrogens is 1. The van der Waals surface area contributed by atoms with E-state index in [1.165, 1.54) is 0 Å². The molecular weight excluding hydrogens is 258 g/mol. The maximum atomic E-state index is 11.6. The molecule has 1 saturated heterocycles. The average Bonchev–Trinajstić information content (AvgIpc) is 2.73. The van der Waals surface area contributed by atoms with E-state index >= 15 is 0 Å². The minimum absolute atomic E-state index is 0.145. The number of hydrogen-bond acceptors (Lipinski definition) is 2. The van der Waals surface area contributed by atoms with Gasteiger partial charge in [0.1, 0.15) is 0 Å². The first-order valence-corrected chi connectivity index (χ1v) is 6.11. The van der Waals surface area contributed by atoms with Crippen molar-refractivity contribution in [3.63, 3.8) is 0 Å². The highest BCUT2D eigenvalue weighted by Gasteiger charge is 2.30. The number of halogens is 1. The molecule has 15 heavy (non-hydrogen) atoms. The Labute approximate surface area is 97.2 Å². The Balaban J connectivity index is 2.12. The zero-order valence-corrected chi connectivity index (χ0v) is 10.2. The first kappa shape index (κ1) is 10.7. The Morgan fingerprint density at radius 2 is 2.53 bits per heavy atom. The normalized spacial score (nSPS) is 21.3. The zero-order chi connectivity index (χ0) is 10.8. The van der Waals surface area contributed by atoms with Gasteiger partial charge in [0.05, 0.1) is 0 Å². The topological polar surface area (TPSA) is 49.0 Å². The number of aromatic amines is 1. The van der Waals surface area contributed by atoms with Gasteiger partial charge in [0.15, 0.2) is 5.82 Å². The second-order valence-corrected chi connectivity index (χ2v) is 5.10. The lowest BCUT2D eigenvalue weighted by Gasteiger charge is -2.10. The number of nitrogens with one attached hydrogen (secondary N) is 1. The maximum absolute atomic E-state index is 11.6. The second-order valence-electron chi connectivity index (χ2n) is 3.81. The van der Waals surface area contributed by atoms with Crippen LogP contribution >= 0.6 is 15.9 Å². The molecule has 0 aromatic carbocycles. The van der Waals surface area contributed by atoms with E-state index in [1.807, 2.05) is 6.07 Å². The van der Waals surface area contributed by atoms with Gasteiger partial charge in [-0.3, -0.25) is 14.8 Å². The van der Waals surface area contributed by atoms with E-state index in [2.05, 4.69) is 33.1 Å². The summed E-state index contributed by atoms with van der Waals surface area (Å²) in [5.74, 6) is 0.900. The minimum atomic E-state index is 0.145. The fourth-order valence-electron chi connectivity index (χ4n) is 1.77. The summed E-state index contributed by atoms with van der Waals surface area (Å²) >= 11 is 3.45. The van der Waals surface area contributed by atoms with E-state index in [1.54, 1.807) is 4.90 Å². The van der Waals surface area contributed by atoms with E-state index in [4.69, 9.17) is 0 Å². The highest BCUT2D eigenvalue weighted by atomic mass is 79.9. The average molecular weight is 272 g/mol. The van der Waals surface area contributed by atoms with Crippen LogP contribution in [0.3, 0.4) is 0 Å². The van der Waals surface area contributed by atoms with Crippen molar-refractivity contribution >= 4 is 27.7 Å². The second kappa shape index (κ2) is 4.35. The molecule has 0 bridgehead atoms. The molecule has 4 nitrogen and oxygen atoms in total. The fraction of sp³-hybridized carbons (Fsp3) is 0.600. The fourth-order valence-corrected chi connectivity index (χ4v) is 2.34. The number of alkyl halides is 1. The van der Waals surface area contributed by atoms with Crippen LogP contribution in [0.25, 0.3) is 0 Å². The third-order valence-electron chi connectivity index (χ3n) is 2.49. The Morgan fingerprint density at radius 1 is 1.73 bits per heavy atom. The molecule has 1 N–H and O–H groups in total. The van der Waals surface area contributed by atoms with Crippen LogP contribution in [-0.2, 0) is 11.2 Å². The van der Waals surface area contributed by atoms with Crippen LogP contribution in [0.2, 0.25) is 0 Å². The first-order chi connectivity index (χ1) is 7.20. The number of rotatable bonds is 3. The molecule has 0 radical (unpaired) electrons. The zero-order valence-electron chi connectivity index (χ0n) is 8.66. The Bertz CT molecular complexity index is 363. The van der Waals surface area contributed by atoms with Crippen molar-refractivity contribution in [3.05, 3.63) is 11.8 Å². The third-order valence-corrected chi connectivity index (χ3v) is 3.10. The number of hydrogen-bond donors (Lipinski definition) is 1. The molecule has 1 amide bonds. The predicted octanol–water partition coefficient (Wildman–Crippen LogP) is 1.86. The van der Waals surface area contributed by atoms with Gasteiger partial charge in [-0.15, -0.1) is 0 Å². The van der Waals surface area contributed by atoms with Crippen LogP contribution < -0.4 is 4.90 Å². The van der Waals surface area contributed by atoms with Gasteiger partial charge in [0.25, 0.3) is 0 Å². The Kier molecular flexibility index (Phi) is 3.09. The molecule has 1 unspecified atom stereocenters. The van der Waals surface area contributed by atoms with Crippen molar-refractivity contribution in [2.75, 3.05) is 11.4 Å². The predicted molar refractivity (Wildman–Crippen MR) is 62.3 cm³/mol. The van der Waals surface area contributed by atoms with E-state index < -0.39 is 0 Å². The SMILES string of the molecule is CCCc1cc(N2CC(Br)CC2=O)n[nH]1. The third kappa shape index (κ3) is 2.22. The lowest BCUT2D eigenvalue weighted by Crippen LogP contribution is -2.24.